The van der Waals surface area contributed by atoms with Crippen molar-refractivity contribution >= 4 is 28.8 Å². The first-order valence-corrected chi connectivity index (χ1v) is 9.87. The standard InChI is InChI=1S/C22H22N2O4S/c1-27-17-9-5-15(6-10-17)21(24-20(25)14-19-4-3-13-29-19)22(26)23-16-7-11-18(28-2)12-8-16/h3-13,21H,14H2,1-2H3,(H,23,26)(H,24,25). The van der Waals surface area contributed by atoms with E-state index in [-0.39, 0.29) is 18.2 Å². The smallest absolute Gasteiger partial charge is 0.251 e. The summed E-state index contributed by atoms with van der Waals surface area (Å²) < 4.78 is 10.3. The van der Waals surface area contributed by atoms with Crippen LogP contribution in [0.3, 0.4) is 0 Å². The van der Waals surface area contributed by atoms with E-state index in [2.05, 4.69) is 10.6 Å². The Morgan fingerprint density at radius 3 is 2.10 bits per heavy atom. The lowest BCUT2D eigenvalue weighted by molar-refractivity contribution is -0.126. The van der Waals surface area contributed by atoms with E-state index in [0.717, 1.165) is 4.88 Å². The number of rotatable bonds is 8. The third-order valence-electron chi connectivity index (χ3n) is 4.29. The van der Waals surface area contributed by atoms with Gasteiger partial charge < -0.3 is 20.1 Å². The number of carbonyl (C=O) groups is 2. The first kappa shape index (κ1) is 20.4. The summed E-state index contributed by atoms with van der Waals surface area (Å²) in [5.41, 5.74) is 1.28. The maximum Gasteiger partial charge on any atom is 0.251 e. The van der Waals surface area contributed by atoms with Crippen LogP contribution < -0.4 is 20.1 Å². The van der Waals surface area contributed by atoms with Crippen LogP contribution in [0.4, 0.5) is 5.69 Å². The number of hydrogen-bond donors (Lipinski definition) is 2. The maximum atomic E-state index is 13.0. The molecule has 0 bridgehead atoms. The quantitative estimate of drug-likeness (QED) is 0.592. The monoisotopic (exact) mass is 410 g/mol. The first-order chi connectivity index (χ1) is 14.1. The topological polar surface area (TPSA) is 76.7 Å². The Labute approximate surface area is 173 Å². The molecule has 0 aliphatic carbocycles. The molecule has 2 aromatic carbocycles. The van der Waals surface area contributed by atoms with Gasteiger partial charge in [0.2, 0.25) is 5.91 Å². The predicted octanol–water partition coefficient (Wildman–Crippen LogP) is 3.80. The van der Waals surface area contributed by atoms with E-state index in [1.54, 1.807) is 62.8 Å². The average Bonchev–Trinajstić information content (AvgIpc) is 3.25. The number of ether oxygens (including phenoxy) is 2. The Morgan fingerprint density at radius 2 is 1.55 bits per heavy atom. The number of thiophene rings is 1. The summed E-state index contributed by atoms with van der Waals surface area (Å²) in [5, 5.41) is 7.61. The molecule has 2 amide bonds. The lowest BCUT2D eigenvalue weighted by atomic mass is 10.1. The zero-order valence-electron chi connectivity index (χ0n) is 16.2. The van der Waals surface area contributed by atoms with Gasteiger partial charge in [-0.05, 0) is 53.4 Å². The number of methoxy groups -OCH3 is 2. The number of nitrogens with one attached hydrogen (secondary N) is 2. The highest BCUT2D eigenvalue weighted by molar-refractivity contribution is 7.10. The Bertz CT molecular complexity index is 938. The third-order valence-corrected chi connectivity index (χ3v) is 5.17. The van der Waals surface area contributed by atoms with Crippen molar-refractivity contribution in [1.29, 1.82) is 0 Å². The highest BCUT2D eigenvalue weighted by Gasteiger charge is 2.23. The van der Waals surface area contributed by atoms with Gasteiger partial charge in [-0.2, -0.15) is 0 Å². The molecule has 0 saturated carbocycles. The van der Waals surface area contributed by atoms with Gasteiger partial charge in [0, 0.05) is 10.6 Å². The molecule has 2 N–H and O–H groups in total. The molecule has 0 fully saturated rings. The maximum absolute atomic E-state index is 13.0. The van der Waals surface area contributed by atoms with Gasteiger partial charge in [-0.25, -0.2) is 0 Å². The fourth-order valence-corrected chi connectivity index (χ4v) is 3.47. The summed E-state index contributed by atoms with van der Waals surface area (Å²) in [4.78, 5) is 26.4. The summed E-state index contributed by atoms with van der Waals surface area (Å²) in [6.07, 6.45) is 0.222. The molecule has 0 radical (unpaired) electrons. The van der Waals surface area contributed by atoms with Gasteiger partial charge in [-0.3, -0.25) is 9.59 Å². The van der Waals surface area contributed by atoms with Crippen LogP contribution in [-0.2, 0) is 16.0 Å². The number of hydrogen-bond acceptors (Lipinski definition) is 5. The minimum absolute atomic E-state index is 0.222. The van der Waals surface area contributed by atoms with Crippen LogP contribution in [0.25, 0.3) is 0 Å². The number of amides is 2. The highest BCUT2D eigenvalue weighted by atomic mass is 32.1. The van der Waals surface area contributed by atoms with E-state index in [1.165, 1.54) is 11.3 Å². The van der Waals surface area contributed by atoms with Crippen molar-refractivity contribution < 1.29 is 19.1 Å². The molecule has 1 aromatic heterocycles. The molecule has 6 nitrogen and oxygen atoms in total. The summed E-state index contributed by atoms with van der Waals surface area (Å²) in [6, 6.07) is 17.0. The molecule has 1 unspecified atom stereocenters. The van der Waals surface area contributed by atoms with Crippen LogP contribution in [0.15, 0.2) is 66.0 Å². The summed E-state index contributed by atoms with van der Waals surface area (Å²) >= 11 is 1.50. The van der Waals surface area contributed by atoms with Gasteiger partial charge in [0.25, 0.3) is 5.91 Å². The Hall–Kier alpha value is -3.32. The van der Waals surface area contributed by atoms with Crippen molar-refractivity contribution in [2.45, 2.75) is 12.5 Å². The van der Waals surface area contributed by atoms with Gasteiger partial charge in [0.05, 0.1) is 20.6 Å². The molecular weight excluding hydrogens is 388 g/mol. The van der Waals surface area contributed by atoms with Gasteiger partial charge in [-0.1, -0.05) is 18.2 Å². The summed E-state index contributed by atoms with van der Waals surface area (Å²) in [7, 11) is 3.15. The molecule has 0 aliphatic rings. The van der Waals surface area contributed by atoms with Crippen molar-refractivity contribution in [3.63, 3.8) is 0 Å². The fraction of sp³-hybridized carbons (Fsp3) is 0.182. The molecule has 150 valence electrons. The van der Waals surface area contributed by atoms with Crippen LogP contribution in [0.2, 0.25) is 0 Å². The second-order valence-corrected chi connectivity index (χ2v) is 7.28. The third kappa shape index (κ3) is 5.58. The van der Waals surface area contributed by atoms with Crippen LogP contribution >= 0.6 is 11.3 Å². The van der Waals surface area contributed by atoms with Crippen molar-refractivity contribution in [2.24, 2.45) is 0 Å². The van der Waals surface area contributed by atoms with Gasteiger partial charge in [0.15, 0.2) is 0 Å². The van der Waals surface area contributed by atoms with Crippen molar-refractivity contribution in [2.75, 3.05) is 19.5 Å². The minimum atomic E-state index is -0.838. The van der Waals surface area contributed by atoms with E-state index < -0.39 is 6.04 Å². The first-order valence-electron chi connectivity index (χ1n) is 8.99. The molecule has 7 heteroatoms. The van der Waals surface area contributed by atoms with E-state index in [0.29, 0.717) is 22.7 Å². The lowest BCUT2D eigenvalue weighted by Gasteiger charge is -2.19. The van der Waals surface area contributed by atoms with Crippen molar-refractivity contribution in [3.05, 3.63) is 76.5 Å². The lowest BCUT2D eigenvalue weighted by Crippen LogP contribution is -2.37. The molecular formula is C22H22N2O4S. The van der Waals surface area contributed by atoms with Crippen LogP contribution in [0, 0.1) is 0 Å². The highest BCUT2D eigenvalue weighted by Crippen LogP contribution is 2.21. The van der Waals surface area contributed by atoms with Crippen molar-refractivity contribution in [3.8, 4) is 11.5 Å². The molecule has 1 atom stereocenters. The fourth-order valence-electron chi connectivity index (χ4n) is 2.77. The largest absolute Gasteiger partial charge is 0.497 e. The Kier molecular flexibility index (Phi) is 6.86. The summed E-state index contributed by atoms with van der Waals surface area (Å²) in [6.45, 7) is 0. The van der Waals surface area contributed by atoms with E-state index >= 15 is 0 Å². The second-order valence-electron chi connectivity index (χ2n) is 6.25. The van der Waals surface area contributed by atoms with E-state index in [4.69, 9.17) is 9.47 Å². The van der Waals surface area contributed by atoms with E-state index in [1.807, 2.05) is 17.5 Å². The Balaban J connectivity index is 1.77. The number of benzene rings is 2. The Morgan fingerprint density at radius 1 is 0.931 bits per heavy atom. The molecule has 3 aromatic rings. The van der Waals surface area contributed by atoms with Gasteiger partial charge in [-0.15, -0.1) is 11.3 Å². The van der Waals surface area contributed by atoms with Crippen molar-refractivity contribution in [1.82, 2.24) is 5.32 Å². The molecule has 3 rings (SSSR count). The zero-order valence-corrected chi connectivity index (χ0v) is 17.0. The average molecular weight is 410 g/mol. The summed E-state index contributed by atoms with van der Waals surface area (Å²) in [5.74, 6) is 0.810. The molecule has 1 heterocycles. The van der Waals surface area contributed by atoms with E-state index in [9.17, 15) is 9.59 Å². The van der Waals surface area contributed by atoms with Crippen LogP contribution in [0.1, 0.15) is 16.5 Å². The number of anilines is 1. The molecule has 0 aliphatic heterocycles. The molecule has 0 spiro atoms. The van der Waals surface area contributed by atoms with Crippen LogP contribution in [-0.4, -0.2) is 26.0 Å². The predicted molar refractivity (Wildman–Crippen MR) is 114 cm³/mol. The second kappa shape index (κ2) is 9.75. The molecule has 0 saturated heterocycles. The number of carbonyl (C=O) groups excluding carboxylic acids is 2. The minimum Gasteiger partial charge on any atom is -0.497 e. The molecule has 29 heavy (non-hydrogen) atoms. The van der Waals surface area contributed by atoms with Gasteiger partial charge >= 0.3 is 0 Å². The zero-order chi connectivity index (χ0) is 20.6. The SMILES string of the molecule is COc1ccc(NC(=O)C(NC(=O)Cc2cccs2)c2ccc(OC)cc2)cc1. The van der Waals surface area contributed by atoms with Gasteiger partial charge in [0.1, 0.15) is 17.5 Å². The normalized spacial score (nSPS) is 11.4. The van der Waals surface area contributed by atoms with Crippen LogP contribution in [0.5, 0.6) is 11.5 Å².